The third-order valence-electron chi connectivity index (χ3n) is 3.71. The summed E-state index contributed by atoms with van der Waals surface area (Å²) in [6.45, 7) is 10.8. The summed E-state index contributed by atoms with van der Waals surface area (Å²) in [6.07, 6.45) is 0.825. The third kappa shape index (κ3) is 9.48. The zero-order valence-corrected chi connectivity index (χ0v) is 19.2. The quantitative estimate of drug-likeness (QED) is 0.273. The number of carbonyl (C=O) groups excluding carboxylic acids is 1. The minimum absolute atomic E-state index is 0. The van der Waals surface area contributed by atoms with Gasteiger partial charge in [-0.3, -0.25) is 9.89 Å². The molecule has 0 bridgehead atoms. The topological polar surface area (TPSA) is 51.6 Å². The zero-order valence-electron chi connectivity index (χ0n) is 16.9. The Morgan fingerprint density at radius 2 is 1.56 bits per heavy atom. The fourth-order valence-corrected chi connectivity index (χ4v) is 2.64. The third-order valence-corrected chi connectivity index (χ3v) is 3.71. The Labute approximate surface area is 170 Å². The molecule has 7 nitrogen and oxygen atoms in total. The summed E-state index contributed by atoms with van der Waals surface area (Å²) in [7, 11) is 8.03. The summed E-state index contributed by atoms with van der Waals surface area (Å²) < 4.78 is 5.42. The Bertz CT molecular complexity index is 417. The van der Waals surface area contributed by atoms with Gasteiger partial charge in [0.1, 0.15) is 5.60 Å². The molecule has 1 aliphatic heterocycles. The molecule has 0 aromatic carbocycles. The maximum Gasteiger partial charge on any atom is 0.410 e. The molecule has 0 aromatic rings. The highest BCUT2D eigenvalue weighted by Gasteiger charge is 2.25. The van der Waals surface area contributed by atoms with Gasteiger partial charge in [0, 0.05) is 67.5 Å². The van der Waals surface area contributed by atoms with Crippen molar-refractivity contribution in [3.63, 3.8) is 0 Å². The number of nitrogens with zero attached hydrogens (tertiary/aromatic N) is 5. The highest BCUT2D eigenvalue weighted by atomic mass is 127. The first kappa shape index (κ1) is 24.2. The normalized spacial score (nSPS) is 15.2. The standard InChI is InChI=1S/C17H35N5O2.HI/c1-17(2,3)24-16(23)22-13-11-21(12-14-22)10-8-9-18-15(19(4)5)20(6)7;/h8-14H2,1-7H3;1H. The largest absolute Gasteiger partial charge is 0.444 e. The monoisotopic (exact) mass is 469 g/mol. The van der Waals surface area contributed by atoms with Gasteiger partial charge in [-0.2, -0.15) is 0 Å². The first-order valence-electron chi connectivity index (χ1n) is 8.69. The maximum atomic E-state index is 12.0. The molecule has 1 saturated heterocycles. The van der Waals surface area contributed by atoms with Crippen molar-refractivity contribution < 1.29 is 9.53 Å². The highest BCUT2D eigenvalue weighted by molar-refractivity contribution is 14.0. The molecule has 0 N–H and O–H groups in total. The summed E-state index contributed by atoms with van der Waals surface area (Å²) >= 11 is 0. The van der Waals surface area contributed by atoms with E-state index in [1.54, 1.807) is 4.90 Å². The van der Waals surface area contributed by atoms with Crippen LogP contribution in [-0.4, -0.2) is 105 Å². The van der Waals surface area contributed by atoms with Crippen molar-refractivity contribution in [1.82, 2.24) is 19.6 Å². The van der Waals surface area contributed by atoms with Crippen molar-refractivity contribution in [1.29, 1.82) is 0 Å². The van der Waals surface area contributed by atoms with Crippen LogP contribution in [0.25, 0.3) is 0 Å². The Morgan fingerprint density at radius 3 is 2.00 bits per heavy atom. The molecule has 0 spiro atoms. The van der Waals surface area contributed by atoms with Crippen molar-refractivity contribution in [2.24, 2.45) is 4.99 Å². The second kappa shape index (κ2) is 11.1. The fraction of sp³-hybridized carbons (Fsp3) is 0.882. The lowest BCUT2D eigenvalue weighted by Crippen LogP contribution is -2.50. The van der Waals surface area contributed by atoms with Gasteiger partial charge in [0.2, 0.25) is 0 Å². The first-order valence-corrected chi connectivity index (χ1v) is 8.69. The average molecular weight is 469 g/mol. The molecule has 0 aromatic heterocycles. The molecular weight excluding hydrogens is 433 g/mol. The Kier molecular flexibility index (Phi) is 10.7. The average Bonchev–Trinajstić information content (AvgIpc) is 2.45. The predicted octanol–water partition coefficient (Wildman–Crippen LogP) is 2.03. The lowest BCUT2D eigenvalue weighted by molar-refractivity contribution is 0.0145. The number of rotatable bonds is 4. The van der Waals surface area contributed by atoms with Gasteiger partial charge >= 0.3 is 6.09 Å². The number of carbonyl (C=O) groups is 1. The van der Waals surface area contributed by atoms with Crippen molar-refractivity contribution in [3.05, 3.63) is 0 Å². The van der Waals surface area contributed by atoms with Crippen LogP contribution in [0.15, 0.2) is 4.99 Å². The molecule has 0 saturated carbocycles. The molecule has 8 heteroatoms. The van der Waals surface area contributed by atoms with Crippen LogP contribution >= 0.6 is 24.0 Å². The van der Waals surface area contributed by atoms with Gasteiger partial charge in [0.15, 0.2) is 5.96 Å². The maximum absolute atomic E-state index is 12.0. The van der Waals surface area contributed by atoms with E-state index in [0.29, 0.717) is 0 Å². The number of ether oxygens (including phenoxy) is 1. The lowest BCUT2D eigenvalue weighted by Gasteiger charge is -2.35. The van der Waals surface area contributed by atoms with Crippen molar-refractivity contribution in [2.45, 2.75) is 32.8 Å². The number of hydrogen-bond donors (Lipinski definition) is 0. The predicted molar refractivity (Wildman–Crippen MR) is 114 cm³/mol. The van der Waals surface area contributed by atoms with Gasteiger partial charge in [-0.25, -0.2) is 4.79 Å². The Balaban J connectivity index is 0.00000576. The second-order valence-corrected chi connectivity index (χ2v) is 7.63. The van der Waals surface area contributed by atoms with E-state index in [2.05, 4.69) is 9.89 Å². The molecule has 1 amide bonds. The highest BCUT2D eigenvalue weighted by Crippen LogP contribution is 2.12. The van der Waals surface area contributed by atoms with E-state index in [0.717, 1.165) is 51.6 Å². The van der Waals surface area contributed by atoms with Crippen LogP contribution in [0, 0.1) is 0 Å². The summed E-state index contributed by atoms with van der Waals surface area (Å²) in [6, 6.07) is 0. The minimum Gasteiger partial charge on any atom is -0.444 e. The second-order valence-electron chi connectivity index (χ2n) is 7.63. The summed E-state index contributed by atoms with van der Waals surface area (Å²) in [5.74, 6) is 0.991. The molecule has 0 unspecified atom stereocenters. The van der Waals surface area contributed by atoms with E-state index >= 15 is 0 Å². The van der Waals surface area contributed by atoms with Crippen molar-refractivity contribution >= 4 is 36.0 Å². The van der Waals surface area contributed by atoms with Crippen LogP contribution in [0.2, 0.25) is 0 Å². The van der Waals surface area contributed by atoms with Gasteiger partial charge in [0.25, 0.3) is 0 Å². The molecule has 1 rings (SSSR count). The molecule has 0 radical (unpaired) electrons. The van der Waals surface area contributed by atoms with Crippen LogP contribution in [0.5, 0.6) is 0 Å². The molecule has 1 heterocycles. The molecule has 0 atom stereocenters. The number of guanidine groups is 1. The van der Waals surface area contributed by atoms with E-state index in [1.165, 1.54) is 0 Å². The van der Waals surface area contributed by atoms with Gasteiger partial charge in [-0.1, -0.05) is 0 Å². The molecular formula is C17H36IN5O2. The lowest BCUT2D eigenvalue weighted by atomic mass is 10.2. The van der Waals surface area contributed by atoms with Gasteiger partial charge in [0.05, 0.1) is 0 Å². The summed E-state index contributed by atoms with van der Waals surface area (Å²) in [4.78, 5) is 24.9. The van der Waals surface area contributed by atoms with Crippen molar-refractivity contribution in [2.75, 3.05) is 67.5 Å². The smallest absolute Gasteiger partial charge is 0.410 e. The SMILES string of the molecule is CN(C)C(=NCCCN1CCN(C(=O)OC(C)(C)C)CC1)N(C)C.I. The molecule has 25 heavy (non-hydrogen) atoms. The van der Waals surface area contributed by atoms with Crippen LogP contribution in [0.3, 0.4) is 0 Å². The van der Waals surface area contributed by atoms with E-state index in [-0.39, 0.29) is 30.1 Å². The summed E-state index contributed by atoms with van der Waals surface area (Å²) in [5.41, 5.74) is -0.428. The Morgan fingerprint density at radius 1 is 1.04 bits per heavy atom. The number of aliphatic imine (C=N–C) groups is 1. The number of halogens is 1. The van der Waals surface area contributed by atoms with E-state index in [4.69, 9.17) is 4.74 Å². The van der Waals surface area contributed by atoms with Gasteiger partial charge in [-0.05, 0) is 27.2 Å². The molecule has 148 valence electrons. The Hall–Kier alpha value is -0.770. The number of hydrogen-bond acceptors (Lipinski definition) is 4. The van der Waals surface area contributed by atoms with Gasteiger partial charge < -0.3 is 19.4 Å². The van der Waals surface area contributed by atoms with Gasteiger partial charge in [-0.15, -0.1) is 24.0 Å². The van der Waals surface area contributed by atoms with Crippen molar-refractivity contribution in [3.8, 4) is 0 Å². The number of piperazine rings is 1. The fourth-order valence-electron chi connectivity index (χ4n) is 2.64. The summed E-state index contributed by atoms with van der Waals surface area (Å²) in [5, 5.41) is 0. The van der Waals surface area contributed by atoms with E-state index < -0.39 is 5.60 Å². The minimum atomic E-state index is -0.428. The number of amides is 1. The van der Waals surface area contributed by atoms with Crippen LogP contribution in [0.1, 0.15) is 27.2 Å². The van der Waals surface area contributed by atoms with Crippen LogP contribution in [0.4, 0.5) is 4.79 Å². The van der Waals surface area contributed by atoms with Crippen LogP contribution in [-0.2, 0) is 4.74 Å². The van der Waals surface area contributed by atoms with Crippen LogP contribution < -0.4 is 0 Å². The van der Waals surface area contributed by atoms with E-state index in [1.807, 2.05) is 58.8 Å². The molecule has 0 aliphatic carbocycles. The molecule has 1 fully saturated rings. The zero-order chi connectivity index (χ0) is 18.3. The van der Waals surface area contributed by atoms with E-state index in [9.17, 15) is 4.79 Å². The first-order chi connectivity index (χ1) is 11.1. The molecule has 1 aliphatic rings.